The number of hydrogen-bond donors (Lipinski definition) is 2. The summed E-state index contributed by atoms with van der Waals surface area (Å²) in [6, 6.07) is 7.95. The number of aryl methyl sites for hydroxylation is 1. The molecule has 0 aliphatic rings. The summed E-state index contributed by atoms with van der Waals surface area (Å²) >= 11 is 0. The molecule has 0 aromatic heterocycles. The van der Waals surface area contributed by atoms with Crippen LogP contribution in [0.3, 0.4) is 0 Å². The van der Waals surface area contributed by atoms with Crippen LogP contribution in [0.15, 0.2) is 24.3 Å². The Labute approximate surface area is 120 Å². The molecule has 3 unspecified atom stereocenters. The third-order valence-electron chi connectivity index (χ3n) is 3.80. The molecule has 1 rings (SSSR count). The fraction of sp³-hybridized carbons (Fsp3) is 0.500. The van der Waals surface area contributed by atoms with Crippen LogP contribution in [0.25, 0.3) is 0 Å². The number of aliphatic carboxylic acids is 1. The predicted octanol–water partition coefficient (Wildman–Crippen LogP) is 2.78. The van der Waals surface area contributed by atoms with Crippen molar-refractivity contribution in [2.75, 3.05) is 0 Å². The number of rotatable bonds is 6. The highest BCUT2D eigenvalue weighted by atomic mass is 16.4. The zero-order chi connectivity index (χ0) is 15.3. The van der Waals surface area contributed by atoms with Gasteiger partial charge in [0.05, 0.1) is 12.0 Å². The van der Waals surface area contributed by atoms with Gasteiger partial charge in [0.2, 0.25) is 5.91 Å². The van der Waals surface area contributed by atoms with Gasteiger partial charge in [-0.3, -0.25) is 9.59 Å². The van der Waals surface area contributed by atoms with E-state index in [9.17, 15) is 9.59 Å². The number of benzene rings is 1. The van der Waals surface area contributed by atoms with Gasteiger partial charge in [0.15, 0.2) is 0 Å². The molecule has 4 heteroatoms. The molecule has 3 atom stereocenters. The Morgan fingerprint density at radius 3 is 2.10 bits per heavy atom. The smallest absolute Gasteiger partial charge is 0.307 e. The molecule has 0 bridgehead atoms. The normalized spacial score (nSPS) is 15.2. The SMILES string of the molecule is CCc1ccc(C(C)NC(=O)C(C)C(C)C(=O)O)cc1. The van der Waals surface area contributed by atoms with Gasteiger partial charge in [-0.2, -0.15) is 0 Å². The van der Waals surface area contributed by atoms with E-state index >= 15 is 0 Å². The van der Waals surface area contributed by atoms with Crippen LogP contribution in [0.4, 0.5) is 0 Å². The lowest BCUT2D eigenvalue weighted by atomic mass is 9.94. The van der Waals surface area contributed by atoms with E-state index in [2.05, 4.69) is 12.2 Å². The van der Waals surface area contributed by atoms with Crippen LogP contribution in [0.5, 0.6) is 0 Å². The molecule has 0 aliphatic carbocycles. The first-order chi connectivity index (χ1) is 9.36. The molecule has 0 saturated heterocycles. The van der Waals surface area contributed by atoms with Crippen LogP contribution < -0.4 is 5.32 Å². The maximum absolute atomic E-state index is 12.0. The summed E-state index contributed by atoms with van der Waals surface area (Å²) in [7, 11) is 0. The number of carbonyl (C=O) groups excluding carboxylic acids is 1. The molecular weight excluding hydrogens is 254 g/mol. The van der Waals surface area contributed by atoms with Crippen molar-refractivity contribution in [2.45, 2.75) is 40.2 Å². The second-order valence-corrected chi connectivity index (χ2v) is 5.24. The van der Waals surface area contributed by atoms with Crippen molar-refractivity contribution in [3.8, 4) is 0 Å². The first-order valence-corrected chi connectivity index (χ1v) is 6.98. The minimum atomic E-state index is -0.951. The number of nitrogens with one attached hydrogen (secondary N) is 1. The summed E-state index contributed by atoms with van der Waals surface area (Å²) in [5.74, 6) is -2.42. The van der Waals surface area contributed by atoms with Crippen LogP contribution in [0.1, 0.15) is 44.9 Å². The number of carboxylic acids is 1. The van der Waals surface area contributed by atoms with Gasteiger partial charge in [-0.25, -0.2) is 0 Å². The standard InChI is InChI=1S/C16H23NO3/c1-5-13-6-8-14(9-7-13)12(4)17-15(18)10(2)11(3)16(19)20/h6-12H,5H2,1-4H3,(H,17,18)(H,19,20). The maximum atomic E-state index is 12.0. The Kier molecular flexibility index (Phi) is 5.74. The van der Waals surface area contributed by atoms with E-state index < -0.39 is 17.8 Å². The van der Waals surface area contributed by atoms with Gasteiger partial charge >= 0.3 is 5.97 Å². The molecule has 1 aromatic carbocycles. The lowest BCUT2D eigenvalue weighted by Gasteiger charge is -2.20. The first kappa shape index (κ1) is 16.2. The topological polar surface area (TPSA) is 66.4 Å². The summed E-state index contributed by atoms with van der Waals surface area (Å²) in [6.07, 6.45) is 0.980. The zero-order valence-corrected chi connectivity index (χ0v) is 12.5. The summed E-state index contributed by atoms with van der Waals surface area (Å²) in [6.45, 7) is 7.18. The van der Waals surface area contributed by atoms with E-state index in [0.29, 0.717) is 0 Å². The van der Waals surface area contributed by atoms with E-state index in [1.54, 1.807) is 13.8 Å². The molecule has 4 nitrogen and oxygen atoms in total. The van der Waals surface area contributed by atoms with Gasteiger partial charge in [-0.05, 0) is 24.5 Å². The monoisotopic (exact) mass is 277 g/mol. The van der Waals surface area contributed by atoms with Gasteiger partial charge in [0.25, 0.3) is 0 Å². The lowest BCUT2D eigenvalue weighted by molar-refractivity contribution is -0.146. The Bertz CT molecular complexity index is 467. The summed E-state index contributed by atoms with van der Waals surface area (Å²) in [4.78, 5) is 22.9. The quantitative estimate of drug-likeness (QED) is 0.840. The largest absolute Gasteiger partial charge is 0.481 e. The molecule has 1 amide bonds. The van der Waals surface area contributed by atoms with Crippen LogP contribution in [-0.4, -0.2) is 17.0 Å². The van der Waals surface area contributed by atoms with Crippen molar-refractivity contribution in [2.24, 2.45) is 11.8 Å². The average Bonchev–Trinajstić information content (AvgIpc) is 2.45. The van der Waals surface area contributed by atoms with E-state index in [4.69, 9.17) is 5.11 Å². The molecule has 2 N–H and O–H groups in total. The Hall–Kier alpha value is -1.84. The lowest BCUT2D eigenvalue weighted by Crippen LogP contribution is -2.36. The number of carbonyl (C=O) groups is 2. The zero-order valence-electron chi connectivity index (χ0n) is 12.5. The van der Waals surface area contributed by atoms with Crippen molar-refractivity contribution >= 4 is 11.9 Å². The molecule has 0 radical (unpaired) electrons. The van der Waals surface area contributed by atoms with Gasteiger partial charge < -0.3 is 10.4 Å². The predicted molar refractivity (Wildman–Crippen MR) is 78.3 cm³/mol. The molecule has 110 valence electrons. The number of carboxylic acid groups (broad SMARTS) is 1. The summed E-state index contributed by atoms with van der Waals surface area (Å²) in [5.41, 5.74) is 2.27. The van der Waals surface area contributed by atoms with Crippen molar-refractivity contribution in [1.82, 2.24) is 5.32 Å². The van der Waals surface area contributed by atoms with Crippen LogP contribution in [0.2, 0.25) is 0 Å². The molecule has 0 aliphatic heterocycles. The van der Waals surface area contributed by atoms with Crippen LogP contribution >= 0.6 is 0 Å². The van der Waals surface area contributed by atoms with Crippen LogP contribution in [-0.2, 0) is 16.0 Å². The average molecular weight is 277 g/mol. The third-order valence-corrected chi connectivity index (χ3v) is 3.80. The van der Waals surface area contributed by atoms with Gasteiger partial charge in [-0.1, -0.05) is 45.0 Å². The van der Waals surface area contributed by atoms with Crippen molar-refractivity contribution in [1.29, 1.82) is 0 Å². The number of hydrogen-bond acceptors (Lipinski definition) is 2. The van der Waals surface area contributed by atoms with E-state index in [1.807, 2.05) is 31.2 Å². The van der Waals surface area contributed by atoms with Crippen molar-refractivity contribution in [3.63, 3.8) is 0 Å². The highest BCUT2D eigenvalue weighted by molar-refractivity contribution is 5.84. The highest BCUT2D eigenvalue weighted by Gasteiger charge is 2.26. The third kappa shape index (κ3) is 4.08. The van der Waals surface area contributed by atoms with E-state index in [-0.39, 0.29) is 11.9 Å². The first-order valence-electron chi connectivity index (χ1n) is 6.98. The van der Waals surface area contributed by atoms with Gasteiger partial charge in [0, 0.05) is 5.92 Å². The maximum Gasteiger partial charge on any atom is 0.307 e. The minimum Gasteiger partial charge on any atom is -0.481 e. The van der Waals surface area contributed by atoms with Gasteiger partial charge in [0.1, 0.15) is 0 Å². The molecule has 0 spiro atoms. The van der Waals surface area contributed by atoms with Gasteiger partial charge in [-0.15, -0.1) is 0 Å². The second-order valence-electron chi connectivity index (χ2n) is 5.24. The molecule has 1 aromatic rings. The summed E-state index contributed by atoms with van der Waals surface area (Å²) in [5, 5.41) is 11.8. The molecule has 0 fully saturated rings. The minimum absolute atomic E-state index is 0.128. The Morgan fingerprint density at radius 2 is 1.65 bits per heavy atom. The fourth-order valence-corrected chi connectivity index (χ4v) is 1.91. The van der Waals surface area contributed by atoms with E-state index in [0.717, 1.165) is 12.0 Å². The highest BCUT2D eigenvalue weighted by Crippen LogP contribution is 2.17. The van der Waals surface area contributed by atoms with Crippen molar-refractivity contribution < 1.29 is 14.7 Å². The Balaban J connectivity index is 2.66. The molecule has 0 saturated carbocycles. The Morgan fingerprint density at radius 1 is 1.10 bits per heavy atom. The summed E-state index contributed by atoms with van der Waals surface area (Å²) < 4.78 is 0. The number of amides is 1. The van der Waals surface area contributed by atoms with E-state index in [1.165, 1.54) is 5.56 Å². The molecular formula is C16H23NO3. The molecule has 20 heavy (non-hydrogen) atoms. The molecule has 0 heterocycles. The fourth-order valence-electron chi connectivity index (χ4n) is 1.91. The van der Waals surface area contributed by atoms with Crippen molar-refractivity contribution in [3.05, 3.63) is 35.4 Å². The van der Waals surface area contributed by atoms with Crippen LogP contribution in [0, 0.1) is 11.8 Å². The second kappa shape index (κ2) is 7.08.